The second-order valence-corrected chi connectivity index (χ2v) is 26.0. The summed E-state index contributed by atoms with van der Waals surface area (Å²) in [4.78, 5) is 0. The van der Waals surface area contributed by atoms with Crippen LogP contribution in [0.3, 0.4) is 0 Å². The van der Waals surface area contributed by atoms with E-state index in [1.165, 1.54) is 50.1 Å². The molecule has 0 aliphatic carbocycles. The first-order valence-corrected chi connectivity index (χ1v) is 35.5. The van der Waals surface area contributed by atoms with Crippen molar-refractivity contribution in [2.75, 3.05) is 87.9 Å². The van der Waals surface area contributed by atoms with Gasteiger partial charge < -0.3 is 66.2 Å². The molecule has 0 saturated heterocycles. The molecule has 0 atom stereocenters. The summed E-state index contributed by atoms with van der Waals surface area (Å²) in [7, 11) is 8.39. The topological polar surface area (TPSA) is 142 Å². The van der Waals surface area contributed by atoms with E-state index < -0.39 is 0 Å². The van der Waals surface area contributed by atoms with Gasteiger partial charge in [-0.3, -0.25) is 0 Å². The number of rotatable bonds is 29. The van der Waals surface area contributed by atoms with Gasteiger partial charge in [0.2, 0.25) is 0 Å². The van der Waals surface area contributed by atoms with E-state index in [1.54, 1.807) is 35.5 Å². The molecule has 8 rings (SSSR count). The van der Waals surface area contributed by atoms with Crippen LogP contribution in [0.15, 0.2) is 164 Å². The molecule has 0 saturated carbocycles. The smallest absolute Gasteiger partial charge is 0.166 e. The van der Waals surface area contributed by atoms with Gasteiger partial charge >= 0.3 is 0 Å². The molecule has 0 radical (unpaired) electrons. The first-order valence-electron chi connectivity index (χ1n) is 32.8. The minimum absolute atomic E-state index is 0.640. The molecule has 524 valence electrons. The Hall–Kier alpha value is -7.61. The van der Waals surface area contributed by atoms with Crippen LogP contribution in [-0.2, 0) is 51.4 Å². The van der Waals surface area contributed by atoms with Crippen LogP contribution < -0.4 is 66.2 Å². The molecule has 13 nitrogen and oxygen atoms in total. The predicted molar refractivity (Wildman–Crippen MR) is 427 cm³/mol. The van der Waals surface area contributed by atoms with E-state index >= 15 is 0 Å². The number of para-hydroxylation sites is 2. The minimum Gasteiger partial charge on any atom is -0.497 e. The van der Waals surface area contributed by atoms with E-state index in [0.717, 1.165) is 170 Å². The Morgan fingerprint density at radius 1 is 0.296 bits per heavy atom. The summed E-state index contributed by atoms with van der Waals surface area (Å²) >= 11 is 39.7. The van der Waals surface area contributed by atoms with Gasteiger partial charge in [0, 0.05) is 73.5 Å². The van der Waals surface area contributed by atoms with Crippen molar-refractivity contribution >= 4 is 104 Å². The summed E-state index contributed by atoms with van der Waals surface area (Å²) in [5.41, 5.74) is 15.7. The Labute approximate surface area is 619 Å². The van der Waals surface area contributed by atoms with Gasteiger partial charge in [-0.1, -0.05) is 155 Å². The third-order valence-electron chi connectivity index (χ3n) is 15.6. The van der Waals surface area contributed by atoms with Gasteiger partial charge in [-0.2, -0.15) is 0 Å². The molecule has 8 aromatic rings. The van der Waals surface area contributed by atoms with Gasteiger partial charge in [0.1, 0.15) is 28.7 Å². The Morgan fingerprint density at radius 2 is 0.622 bits per heavy atom. The summed E-state index contributed by atoms with van der Waals surface area (Å²) in [6.07, 6.45) is 6.95. The lowest BCUT2D eigenvalue weighted by Gasteiger charge is -2.13. The van der Waals surface area contributed by atoms with Crippen LogP contribution in [0.4, 0.5) is 0 Å². The SMILES string of the molecule is COc1ccc(CCNC(=S)NCCc2ccc(C)cc2Cl)c(OC)c1.COc1ccccc1CCNC(=S)NCCc1cc(C)ccc1OC.COc1ccccc1CCNC(=S)NCCc1ccc(C)cc1Cl.Cc1ccc(CCNC(=S)NCCc2ccc(Cl)cc2)c(C)c1. The number of hydrogen-bond acceptors (Lipinski definition) is 9. The van der Waals surface area contributed by atoms with Crippen LogP contribution in [0.5, 0.6) is 28.7 Å². The highest BCUT2D eigenvalue weighted by Gasteiger charge is 2.10. The summed E-state index contributed by atoms with van der Waals surface area (Å²) in [5.74, 6) is 4.34. The van der Waals surface area contributed by atoms with Crippen molar-refractivity contribution in [1.82, 2.24) is 42.5 Å². The lowest BCUT2D eigenvalue weighted by molar-refractivity contribution is 0.391. The number of benzene rings is 8. The van der Waals surface area contributed by atoms with Gasteiger partial charge in [0.05, 0.1) is 35.5 Å². The number of thiocarbonyl (C=S) groups is 4. The lowest BCUT2D eigenvalue weighted by atomic mass is 10.0. The second kappa shape index (κ2) is 45.9. The molecule has 0 fully saturated rings. The molecule has 0 aliphatic heterocycles. The standard InChI is InChI=1S/C20H25ClN2O2S.C20H26N2O2S.C19H23ClN2OS.C19H23ClN2S/c1-14-4-5-15(18(21)12-14)8-10-22-20(26)23-11-9-16-6-7-17(24-2)13-19(16)25-3;1-15-8-9-19(24-3)17(14-15)11-13-22-20(25)21-12-10-16-6-4-5-7-18(16)23-2;1-14-7-8-15(17(20)13-14)9-11-21-19(24)22-12-10-16-5-3-4-6-18(16)23-2;1-14-3-6-17(15(2)13-14)10-12-22-19(23)21-11-9-16-4-7-18(20)8-5-16/h4-7,12-13H,8-11H2,1-3H3,(H2,22,23,26);4-9,14H,10-13H2,1-3H3,(H2,21,22,25);3-8,13H,9-12H2,1-2H3,(H2,21,22,24);3-8,13H,9-12H2,1-2H3,(H2,21,22,23). The van der Waals surface area contributed by atoms with E-state index in [9.17, 15) is 0 Å². The molecular formula is C78H97Cl3N8O5S4. The minimum atomic E-state index is 0.640. The van der Waals surface area contributed by atoms with Crippen molar-refractivity contribution in [3.63, 3.8) is 0 Å². The van der Waals surface area contributed by atoms with Crippen LogP contribution in [0.1, 0.15) is 72.3 Å². The van der Waals surface area contributed by atoms with Crippen molar-refractivity contribution in [3.8, 4) is 28.7 Å². The predicted octanol–water partition coefficient (Wildman–Crippen LogP) is 15.3. The molecule has 0 heterocycles. The zero-order valence-corrected chi connectivity index (χ0v) is 63.7. The lowest BCUT2D eigenvalue weighted by Crippen LogP contribution is -2.37. The summed E-state index contributed by atoms with van der Waals surface area (Å²) in [5, 5.41) is 30.9. The second-order valence-electron chi connectivity index (χ2n) is 23.1. The third-order valence-corrected chi connectivity index (χ3v) is 17.7. The first kappa shape index (κ1) is 81.1. The normalized spacial score (nSPS) is 10.3. The van der Waals surface area contributed by atoms with Crippen molar-refractivity contribution < 1.29 is 23.7 Å². The van der Waals surface area contributed by atoms with Gasteiger partial charge in [0.15, 0.2) is 20.4 Å². The molecule has 8 N–H and O–H groups in total. The van der Waals surface area contributed by atoms with Crippen molar-refractivity contribution in [3.05, 3.63) is 251 Å². The summed E-state index contributed by atoms with van der Waals surface area (Å²) in [6, 6.07) is 54.8. The van der Waals surface area contributed by atoms with E-state index in [2.05, 4.69) is 130 Å². The maximum atomic E-state index is 6.25. The number of ether oxygens (including phenoxy) is 5. The Morgan fingerprint density at radius 3 is 1.03 bits per heavy atom. The van der Waals surface area contributed by atoms with Crippen molar-refractivity contribution in [1.29, 1.82) is 0 Å². The van der Waals surface area contributed by atoms with Crippen molar-refractivity contribution in [2.24, 2.45) is 0 Å². The van der Waals surface area contributed by atoms with Crippen LogP contribution in [0.2, 0.25) is 15.1 Å². The fraction of sp³-hybridized carbons (Fsp3) is 0.333. The molecule has 0 spiro atoms. The number of aryl methyl sites for hydroxylation is 5. The highest BCUT2D eigenvalue weighted by Crippen LogP contribution is 2.26. The molecule has 0 aromatic heterocycles. The molecule has 0 aliphatic rings. The summed E-state index contributed by atoms with van der Waals surface area (Å²) in [6.45, 7) is 16.6. The Kier molecular flexibility index (Phi) is 37.9. The van der Waals surface area contributed by atoms with E-state index in [1.807, 2.05) is 111 Å². The van der Waals surface area contributed by atoms with Gasteiger partial charge in [-0.15, -0.1) is 0 Å². The highest BCUT2D eigenvalue weighted by atomic mass is 35.5. The largest absolute Gasteiger partial charge is 0.497 e. The number of methoxy groups -OCH3 is 5. The summed E-state index contributed by atoms with van der Waals surface area (Å²) < 4.78 is 26.7. The molecule has 98 heavy (non-hydrogen) atoms. The number of hydrogen-bond donors (Lipinski definition) is 8. The Bertz CT molecular complexity index is 3770. The van der Waals surface area contributed by atoms with Crippen molar-refractivity contribution in [2.45, 2.75) is 86.0 Å². The average Bonchev–Trinajstić information content (AvgIpc) is 0.986. The zero-order chi connectivity index (χ0) is 71.0. The van der Waals surface area contributed by atoms with Crippen LogP contribution >= 0.6 is 83.7 Å². The highest BCUT2D eigenvalue weighted by molar-refractivity contribution is 7.80. The monoisotopic (exact) mass is 1460 g/mol. The van der Waals surface area contributed by atoms with Crippen LogP contribution in [-0.4, -0.2) is 108 Å². The van der Waals surface area contributed by atoms with Gasteiger partial charge in [-0.05, 0) is 245 Å². The number of nitrogens with one attached hydrogen (secondary N) is 8. The number of halogens is 3. The maximum Gasteiger partial charge on any atom is 0.166 e. The van der Waals surface area contributed by atoms with E-state index in [-0.39, 0.29) is 0 Å². The molecule has 20 heteroatoms. The van der Waals surface area contributed by atoms with E-state index in [4.69, 9.17) is 107 Å². The van der Waals surface area contributed by atoms with Crippen LogP contribution in [0, 0.1) is 34.6 Å². The molecular weight excluding hydrogens is 1360 g/mol. The fourth-order valence-corrected chi connectivity index (χ4v) is 11.8. The third kappa shape index (κ3) is 31.1. The first-order chi connectivity index (χ1) is 47.3. The molecule has 0 amide bonds. The molecule has 0 bridgehead atoms. The van der Waals surface area contributed by atoms with Gasteiger partial charge in [0.25, 0.3) is 0 Å². The van der Waals surface area contributed by atoms with E-state index in [0.29, 0.717) is 20.4 Å². The molecule has 8 aromatic carbocycles. The van der Waals surface area contributed by atoms with Crippen LogP contribution in [0.25, 0.3) is 0 Å². The fourth-order valence-electron chi connectivity index (χ4n) is 10.2. The average molecular weight is 1460 g/mol. The quantitative estimate of drug-likeness (QED) is 0.0211. The molecule has 0 unspecified atom stereocenters. The Balaban J connectivity index is 0.000000236. The zero-order valence-electron chi connectivity index (χ0n) is 58.2. The maximum absolute atomic E-state index is 6.25. The van der Waals surface area contributed by atoms with Gasteiger partial charge in [-0.25, -0.2) is 0 Å².